The molecule has 3 aromatic carbocycles. The number of rotatable bonds is 12. The Bertz CT molecular complexity index is 1970. The van der Waals surface area contributed by atoms with Gasteiger partial charge in [0, 0.05) is 43.1 Å². The van der Waals surface area contributed by atoms with Crippen LogP contribution in [0.25, 0.3) is 17.1 Å². The van der Waals surface area contributed by atoms with Gasteiger partial charge in [0.15, 0.2) is 17.4 Å². The van der Waals surface area contributed by atoms with Gasteiger partial charge in [-0.15, -0.1) is 0 Å². The van der Waals surface area contributed by atoms with Crippen LogP contribution in [0, 0.1) is 45.5 Å². The Hall–Kier alpha value is -5.33. The molecule has 1 aromatic heterocycles. The summed E-state index contributed by atoms with van der Waals surface area (Å²) in [5, 5.41) is 27.4. The van der Waals surface area contributed by atoms with Gasteiger partial charge in [0.1, 0.15) is 35.6 Å². The Morgan fingerprint density at radius 3 is 2.52 bits per heavy atom. The molecule has 0 spiro atoms. The van der Waals surface area contributed by atoms with E-state index in [1.54, 1.807) is 12.1 Å². The van der Waals surface area contributed by atoms with E-state index in [4.69, 9.17) is 19.8 Å². The number of benzene rings is 3. The van der Waals surface area contributed by atoms with Crippen molar-refractivity contribution in [1.29, 1.82) is 10.5 Å². The number of nitriles is 2. The highest BCUT2D eigenvalue weighted by molar-refractivity contribution is 5.87. The Morgan fingerprint density at radius 2 is 1.83 bits per heavy atom. The second-order valence-corrected chi connectivity index (χ2v) is 12.4. The van der Waals surface area contributed by atoms with E-state index in [9.17, 15) is 18.8 Å². The lowest BCUT2D eigenvalue weighted by atomic mass is 10.0. The van der Waals surface area contributed by atoms with Crippen LogP contribution in [0.3, 0.4) is 0 Å². The SMILES string of the molecule is N#CCC1(Cn2c(CN3CCC(Oc4ccc(F)c(COc5ccc(C#N)cc5F)c4)CC3)nc3c(F)cc(/C=C/C(=O)O)cc32)CC1. The number of halogens is 3. The molecule has 0 unspecified atom stereocenters. The fourth-order valence-electron chi connectivity index (χ4n) is 6.04. The third kappa shape index (κ3) is 7.45. The number of piperidine rings is 1. The molecule has 12 heteroatoms. The van der Waals surface area contributed by atoms with E-state index in [-0.39, 0.29) is 40.5 Å². The fraction of sp³-hybridized carbons (Fsp3) is 0.333. The molecule has 6 rings (SSSR count). The molecule has 4 aromatic rings. The van der Waals surface area contributed by atoms with Crippen LogP contribution in [0.5, 0.6) is 11.5 Å². The second-order valence-electron chi connectivity index (χ2n) is 12.4. The van der Waals surface area contributed by atoms with Crippen molar-refractivity contribution in [2.24, 2.45) is 5.41 Å². The summed E-state index contributed by atoms with van der Waals surface area (Å²) < 4.78 is 57.6. The first-order valence-corrected chi connectivity index (χ1v) is 15.6. The van der Waals surface area contributed by atoms with Crippen LogP contribution in [-0.4, -0.2) is 44.7 Å². The average molecular weight is 656 g/mol. The molecule has 2 fully saturated rings. The summed E-state index contributed by atoms with van der Waals surface area (Å²) in [4.78, 5) is 17.9. The monoisotopic (exact) mass is 655 g/mol. The maximum atomic E-state index is 15.2. The Kier molecular flexibility index (Phi) is 9.37. The number of imidazole rings is 1. The normalized spacial score (nSPS) is 16.1. The molecule has 246 valence electrons. The molecule has 2 aliphatic rings. The molecule has 0 bridgehead atoms. The number of carboxylic acids is 1. The molecule has 1 saturated carbocycles. The maximum Gasteiger partial charge on any atom is 0.328 e. The molecular formula is C36H32F3N5O4. The van der Waals surface area contributed by atoms with Crippen LogP contribution < -0.4 is 9.47 Å². The first-order chi connectivity index (χ1) is 23.1. The number of ether oxygens (including phenoxy) is 2. The van der Waals surface area contributed by atoms with E-state index < -0.39 is 23.4 Å². The lowest BCUT2D eigenvalue weighted by Gasteiger charge is -2.32. The number of aromatic nitrogens is 2. The van der Waals surface area contributed by atoms with E-state index in [0.29, 0.717) is 68.1 Å². The Balaban J connectivity index is 1.12. The van der Waals surface area contributed by atoms with Crippen LogP contribution in [0.2, 0.25) is 0 Å². The number of nitrogens with zero attached hydrogens (tertiary/aromatic N) is 5. The number of likely N-dealkylation sites (tertiary alicyclic amines) is 1. The quantitative estimate of drug-likeness (QED) is 0.167. The number of fused-ring (bicyclic) bond motifs is 1. The summed E-state index contributed by atoms with van der Waals surface area (Å²) in [5.74, 6) is -1.84. The predicted octanol–water partition coefficient (Wildman–Crippen LogP) is 6.74. The van der Waals surface area contributed by atoms with Crippen molar-refractivity contribution in [3.05, 3.63) is 94.6 Å². The van der Waals surface area contributed by atoms with E-state index >= 15 is 4.39 Å². The smallest absolute Gasteiger partial charge is 0.328 e. The summed E-state index contributed by atoms with van der Waals surface area (Å²) in [6.45, 7) is 2.08. The second kappa shape index (κ2) is 13.8. The molecule has 0 atom stereocenters. The topological polar surface area (TPSA) is 124 Å². The third-order valence-electron chi connectivity index (χ3n) is 8.90. The number of aliphatic carboxylic acids is 1. The molecule has 48 heavy (non-hydrogen) atoms. The summed E-state index contributed by atoms with van der Waals surface area (Å²) in [6.07, 6.45) is 5.71. The van der Waals surface area contributed by atoms with Crippen molar-refractivity contribution >= 4 is 23.1 Å². The van der Waals surface area contributed by atoms with Gasteiger partial charge in [-0.1, -0.05) is 0 Å². The van der Waals surface area contributed by atoms with Gasteiger partial charge in [-0.05, 0) is 85.9 Å². The summed E-state index contributed by atoms with van der Waals surface area (Å²) >= 11 is 0. The molecule has 0 radical (unpaired) electrons. The Labute approximate surface area is 275 Å². The lowest BCUT2D eigenvalue weighted by Crippen LogP contribution is -2.38. The fourth-order valence-corrected chi connectivity index (χ4v) is 6.04. The summed E-state index contributed by atoms with van der Waals surface area (Å²) in [6, 6.07) is 15.3. The van der Waals surface area contributed by atoms with Crippen molar-refractivity contribution in [3.8, 4) is 23.6 Å². The highest BCUT2D eigenvalue weighted by Gasteiger charge is 2.43. The standard InChI is InChI=1S/C36H32F3N5O4/c37-28-4-3-27(18-25(28)21-47-32-5-1-24(19-41)16-29(32)38)48-26-7-13-43(14-8-26)20-33-42-35-30(39)15-23(2-6-34(45)46)17-31(35)44(33)22-36(9-10-36)11-12-40/h1-6,15-18,26H,7-11,13-14,20-22H2,(H,45,46)/b6-2+. The zero-order chi connectivity index (χ0) is 33.8. The highest BCUT2D eigenvalue weighted by atomic mass is 19.1. The van der Waals surface area contributed by atoms with Crippen LogP contribution in [0.15, 0.2) is 54.6 Å². The molecule has 1 saturated heterocycles. The molecule has 1 N–H and O–H groups in total. The molecular weight excluding hydrogens is 623 g/mol. The maximum absolute atomic E-state index is 15.2. The molecule has 1 aliphatic heterocycles. The van der Waals surface area contributed by atoms with Gasteiger partial charge >= 0.3 is 5.97 Å². The minimum atomic E-state index is -1.13. The molecule has 1 aliphatic carbocycles. The number of carbonyl (C=O) groups is 1. The zero-order valence-corrected chi connectivity index (χ0v) is 26.0. The van der Waals surface area contributed by atoms with Crippen molar-refractivity contribution in [1.82, 2.24) is 14.5 Å². The predicted molar refractivity (Wildman–Crippen MR) is 169 cm³/mol. The number of carboxylic acid groups (broad SMARTS) is 1. The molecule has 2 heterocycles. The summed E-state index contributed by atoms with van der Waals surface area (Å²) in [5.41, 5.74) is 1.36. The first kappa shape index (κ1) is 32.6. The van der Waals surface area contributed by atoms with E-state index in [1.165, 1.54) is 36.4 Å². The lowest BCUT2D eigenvalue weighted by molar-refractivity contribution is -0.131. The zero-order valence-electron chi connectivity index (χ0n) is 26.0. The van der Waals surface area contributed by atoms with Gasteiger partial charge < -0.3 is 19.1 Å². The van der Waals surface area contributed by atoms with E-state index in [1.807, 2.05) is 10.6 Å². The van der Waals surface area contributed by atoms with Gasteiger partial charge in [-0.2, -0.15) is 10.5 Å². The van der Waals surface area contributed by atoms with Crippen LogP contribution in [0.1, 0.15) is 54.6 Å². The molecule has 9 nitrogen and oxygen atoms in total. The average Bonchev–Trinajstić information content (AvgIpc) is 3.75. The first-order valence-electron chi connectivity index (χ1n) is 15.6. The minimum absolute atomic E-state index is 0.0869. The van der Waals surface area contributed by atoms with Crippen molar-refractivity contribution in [2.75, 3.05) is 13.1 Å². The Morgan fingerprint density at radius 1 is 1.04 bits per heavy atom. The van der Waals surface area contributed by atoms with Crippen LogP contribution in [0.4, 0.5) is 13.2 Å². The number of hydrogen-bond acceptors (Lipinski definition) is 7. The van der Waals surface area contributed by atoms with Gasteiger partial charge in [0.25, 0.3) is 0 Å². The van der Waals surface area contributed by atoms with Gasteiger partial charge in [-0.3, -0.25) is 4.90 Å². The van der Waals surface area contributed by atoms with Gasteiger partial charge in [-0.25, -0.2) is 22.9 Å². The third-order valence-corrected chi connectivity index (χ3v) is 8.90. The van der Waals surface area contributed by atoms with E-state index in [0.717, 1.165) is 25.0 Å². The van der Waals surface area contributed by atoms with Crippen LogP contribution in [-0.2, 0) is 24.5 Å². The minimum Gasteiger partial charge on any atom is -0.490 e. The largest absolute Gasteiger partial charge is 0.490 e. The van der Waals surface area contributed by atoms with E-state index in [2.05, 4.69) is 16.0 Å². The number of hydrogen-bond donors (Lipinski definition) is 1. The van der Waals surface area contributed by atoms with Crippen LogP contribution >= 0.6 is 0 Å². The van der Waals surface area contributed by atoms with Crippen molar-refractivity contribution in [2.45, 2.75) is 57.9 Å². The summed E-state index contributed by atoms with van der Waals surface area (Å²) in [7, 11) is 0. The molecule has 0 amide bonds. The highest BCUT2D eigenvalue weighted by Crippen LogP contribution is 2.50. The van der Waals surface area contributed by atoms with Gasteiger partial charge in [0.05, 0.1) is 29.8 Å². The van der Waals surface area contributed by atoms with Crippen molar-refractivity contribution < 1.29 is 32.5 Å². The van der Waals surface area contributed by atoms with Crippen molar-refractivity contribution in [3.63, 3.8) is 0 Å². The van der Waals surface area contributed by atoms with Gasteiger partial charge in [0.2, 0.25) is 0 Å².